The van der Waals surface area contributed by atoms with E-state index >= 15 is 0 Å². The van der Waals surface area contributed by atoms with Crippen molar-refractivity contribution in [2.24, 2.45) is 0 Å². The van der Waals surface area contributed by atoms with Gasteiger partial charge in [-0.3, -0.25) is 0 Å². The molecule has 0 atom stereocenters. The molecule has 0 aliphatic heterocycles. The number of thiophene rings is 2. The first-order valence-corrected chi connectivity index (χ1v) is 9.05. The molecule has 2 heterocycles. The summed E-state index contributed by atoms with van der Waals surface area (Å²) < 4.78 is 26.7. The van der Waals surface area contributed by atoms with E-state index in [1.165, 1.54) is 22.8 Å². The minimum absolute atomic E-state index is 0.0132. The molecule has 0 aliphatic rings. The summed E-state index contributed by atoms with van der Waals surface area (Å²) >= 11 is 2.41. The molecule has 2 rings (SSSR count). The van der Waals surface area contributed by atoms with Gasteiger partial charge in [0.05, 0.1) is 5.56 Å². The van der Waals surface area contributed by atoms with Crippen molar-refractivity contribution in [3.8, 4) is 0 Å². The normalized spacial score (nSPS) is 11.7. The van der Waals surface area contributed by atoms with E-state index < -0.39 is 16.0 Å². The zero-order valence-corrected chi connectivity index (χ0v) is 13.1. The minimum atomic E-state index is -3.66. The lowest BCUT2D eigenvalue weighted by Gasteiger charge is -2.04. The molecule has 2 aromatic heterocycles. The average Bonchev–Trinajstić information content (AvgIpc) is 3.05. The number of hydrogen-bond donors (Lipinski definition) is 2. The molecule has 0 aromatic carbocycles. The molecule has 0 aliphatic carbocycles. The second-order valence-electron chi connectivity index (χ2n) is 4.01. The monoisotopic (exact) mass is 331 g/mol. The molecule has 5 nitrogen and oxygen atoms in total. The molecular formula is C12H13NO4S3. The molecule has 2 N–H and O–H groups in total. The van der Waals surface area contributed by atoms with Gasteiger partial charge in [0.25, 0.3) is 0 Å². The number of carbonyl (C=O) groups is 1. The molecule has 20 heavy (non-hydrogen) atoms. The number of aryl methyl sites for hydroxylation is 1. The molecule has 8 heteroatoms. The Hall–Kier alpha value is -1.22. The number of hydrogen-bond acceptors (Lipinski definition) is 5. The van der Waals surface area contributed by atoms with Crippen molar-refractivity contribution < 1.29 is 18.3 Å². The molecule has 0 fully saturated rings. The Balaban J connectivity index is 2.13. The molecule has 0 unspecified atom stereocenters. The van der Waals surface area contributed by atoms with Crippen molar-refractivity contribution in [1.29, 1.82) is 0 Å². The van der Waals surface area contributed by atoms with Crippen molar-refractivity contribution in [3.63, 3.8) is 0 Å². The Bertz CT molecular complexity index is 715. The summed E-state index contributed by atoms with van der Waals surface area (Å²) in [4.78, 5) is 11.7. The highest BCUT2D eigenvalue weighted by atomic mass is 32.2. The van der Waals surface area contributed by atoms with Gasteiger partial charge in [-0.25, -0.2) is 17.9 Å². The van der Waals surface area contributed by atoms with Crippen LogP contribution in [0.4, 0.5) is 0 Å². The van der Waals surface area contributed by atoms with E-state index in [1.54, 1.807) is 0 Å². The van der Waals surface area contributed by atoms with E-state index in [4.69, 9.17) is 5.11 Å². The van der Waals surface area contributed by atoms with Crippen LogP contribution < -0.4 is 4.72 Å². The Morgan fingerprint density at radius 3 is 2.75 bits per heavy atom. The lowest BCUT2D eigenvalue weighted by atomic mass is 10.2. The van der Waals surface area contributed by atoms with Crippen LogP contribution in [0.2, 0.25) is 0 Å². The van der Waals surface area contributed by atoms with Gasteiger partial charge in [-0.2, -0.15) is 0 Å². The van der Waals surface area contributed by atoms with Crippen LogP contribution in [0.15, 0.2) is 27.1 Å². The van der Waals surface area contributed by atoms with Gasteiger partial charge in [0, 0.05) is 16.8 Å². The van der Waals surface area contributed by atoms with Gasteiger partial charge in [-0.15, -0.1) is 22.7 Å². The van der Waals surface area contributed by atoms with E-state index in [9.17, 15) is 13.2 Å². The Kier molecular flexibility index (Phi) is 4.59. The molecule has 0 bridgehead atoms. The van der Waals surface area contributed by atoms with Gasteiger partial charge < -0.3 is 5.11 Å². The van der Waals surface area contributed by atoms with E-state index in [2.05, 4.69) is 4.72 Å². The van der Waals surface area contributed by atoms with Crippen LogP contribution in [0.1, 0.15) is 27.7 Å². The molecule has 108 valence electrons. The predicted octanol–water partition coefficient (Wildman–Crippen LogP) is 2.55. The second-order valence-corrected chi connectivity index (χ2v) is 7.91. The lowest BCUT2D eigenvalue weighted by Crippen LogP contribution is -2.22. The summed E-state index contributed by atoms with van der Waals surface area (Å²) in [5.74, 6) is -1.13. The first kappa shape index (κ1) is 15.2. The van der Waals surface area contributed by atoms with Gasteiger partial charge in [-0.05, 0) is 29.5 Å². The van der Waals surface area contributed by atoms with Crippen molar-refractivity contribution in [1.82, 2.24) is 4.72 Å². The SMILES string of the molecule is CCc1ccsc1CNS(=O)(=O)c1cc(C(=O)O)cs1. The zero-order valence-electron chi connectivity index (χ0n) is 10.6. The molecule has 0 spiro atoms. The minimum Gasteiger partial charge on any atom is -0.478 e. The van der Waals surface area contributed by atoms with E-state index in [1.807, 2.05) is 18.4 Å². The highest BCUT2D eigenvalue weighted by Crippen LogP contribution is 2.22. The number of carboxylic acids is 1. The number of rotatable bonds is 6. The van der Waals surface area contributed by atoms with Crippen LogP contribution >= 0.6 is 22.7 Å². The lowest BCUT2D eigenvalue weighted by molar-refractivity contribution is 0.0697. The quantitative estimate of drug-likeness (QED) is 0.852. The molecule has 2 aromatic rings. The highest BCUT2D eigenvalue weighted by molar-refractivity contribution is 7.91. The van der Waals surface area contributed by atoms with Gasteiger partial charge >= 0.3 is 5.97 Å². The van der Waals surface area contributed by atoms with Gasteiger partial charge in [0.1, 0.15) is 4.21 Å². The van der Waals surface area contributed by atoms with E-state index in [0.717, 1.165) is 28.2 Å². The summed E-state index contributed by atoms with van der Waals surface area (Å²) in [6.07, 6.45) is 0.850. The van der Waals surface area contributed by atoms with Crippen LogP contribution in [0.3, 0.4) is 0 Å². The maximum Gasteiger partial charge on any atom is 0.336 e. The number of sulfonamides is 1. The summed E-state index contributed by atoms with van der Waals surface area (Å²) in [5.41, 5.74) is 1.11. The average molecular weight is 331 g/mol. The van der Waals surface area contributed by atoms with E-state index in [-0.39, 0.29) is 16.3 Å². The third-order valence-electron chi connectivity index (χ3n) is 2.73. The Morgan fingerprint density at radius 1 is 1.40 bits per heavy atom. The highest BCUT2D eigenvalue weighted by Gasteiger charge is 2.19. The number of nitrogens with one attached hydrogen (secondary N) is 1. The van der Waals surface area contributed by atoms with Crippen LogP contribution in [0.5, 0.6) is 0 Å². The third kappa shape index (κ3) is 3.26. The van der Waals surface area contributed by atoms with Gasteiger partial charge in [0.2, 0.25) is 10.0 Å². The molecule has 0 amide bonds. The predicted molar refractivity (Wildman–Crippen MR) is 79.0 cm³/mol. The van der Waals surface area contributed by atoms with Crippen LogP contribution in [-0.2, 0) is 23.0 Å². The maximum absolute atomic E-state index is 12.1. The summed E-state index contributed by atoms with van der Waals surface area (Å²) in [6.45, 7) is 2.24. The smallest absolute Gasteiger partial charge is 0.336 e. The third-order valence-corrected chi connectivity index (χ3v) is 6.53. The number of carboxylic acid groups (broad SMARTS) is 1. The largest absolute Gasteiger partial charge is 0.478 e. The molecule has 0 saturated carbocycles. The van der Waals surface area contributed by atoms with Gasteiger partial charge in [-0.1, -0.05) is 6.92 Å². The van der Waals surface area contributed by atoms with Crippen molar-refractivity contribution >= 4 is 38.7 Å². The van der Waals surface area contributed by atoms with Crippen molar-refractivity contribution in [2.45, 2.75) is 24.1 Å². The van der Waals surface area contributed by atoms with Gasteiger partial charge in [0.15, 0.2) is 0 Å². The Labute approximate surface area is 124 Å². The van der Waals surface area contributed by atoms with Crippen LogP contribution in [0.25, 0.3) is 0 Å². The fourth-order valence-electron chi connectivity index (χ4n) is 1.64. The molecule has 0 radical (unpaired) electrons. The molecule has 0 saturated heterocycles. The summed E-state index contributed by atoms with van der Waals surface area (Å²) in [7, 11) is -3.66. The first-order valence-electron chi connectivity index (χ1n) is 5.80. The standard InChI is InChI=1S/C12H13NO4S3/c1-2-8-3-4-18-10(8)6-13-20(16,17)11-5-9(7-19-11)12(14)15/h3-5,7,13H,2,6H2,1H3,(H,14,15). The first-order chi connectivity index (χ1) is 9.44. The molecular weight excluding hydrogens is 318 g/mol. The summed E-state index contributed by atoms with van der Waals surface area (Å²) in [6, 6.07) is 3.15. The van der Waals surface area contributed by atoms with Crippen molar-refractivity contribution in [2.75, 3.05) is 0 Å². The fourth-order valence-corrected chi connectivity index (χ4v) is 4.84. The Morgan fingerprint density at radius 2 is 2.15 bits per heavy atom. The summed E-state index contributed by atoms with van der Waals surface area (Å²) in [5, 5.41) is 12.1. The topological polar surface area (TPSA) is 83.5 Å². The fraction of sp³-hybridized carbons (Fsp3) is 0.250. The van der Waals surface area contributed by atoms with E-state index in [0.29, 0.717) is 0 Å². The second kappa shape index (κ2) is 6.04. The van der Waals surface area contributed by atoms with Crippen LogP contribution in [0, 0.1) is 0 Å². The zero-order chi connectivity index (χ0) is 14.8. The maximum atomic E-state index is 12.1. The van der Waals surface area contributed by atoms with Crippen molar-refractivity contribution in [3.05, 3.63) is 38.9 Å². The number of aromatic carboxylic acids is 1. The van der Waals surface area contributed by atoms with Crippen LogP contribution in [-0.4, -0.2) is 19.5 Å².